The molecule has 0 spiro atoms. The van der Waals surface area contributed by atoms with E-state index in [9.17, 15) is 20.1 Å². The normalized spacial score (nSPS) is 56.9. The average molecular weight is 366 g/mol. The highest BCUT2D eigenvalue weighted by atomic mass is 16.6. The Hall–Kier alpha value is -0.790. The Morgan fingerprint density at radius 1 is 1.19 bits per heavy atom. The highest BCUT2D eigenvalue weighted by Gasteiger charge is 2.64. The molecule has 3 aliphatic heterocycles. The van der Waals surface area contributed by atoms with Gasteiger partial charge in [-0.1, -0.05) is 12.5 Å². The van der Waals surface area contributed by atoms with Crippen molar-refractivity contribution >= 4 is 5.78 Å². The zero-order valence-corrected chi connectivity index (χ0v) is 15.9. The summed E-state index contributed by atoms with van der Waals surface area (Å²) in [7, 11) is 0. The first-order valence-electron chi connectivity index (χ1n) is 9.66. The summed E-state index contributed by atoms with van der Waals surface area (Å²) in [5.74, 6) is -0.182. The molecule has 26 heavy (non-hydrogen) atoms. The van der Waals surface area contributed by atoms with Crippen LogP contribution in [0.3, 0.4) is 0 Å². The number of aliphatic hydroxyl groups excluding tert-OH is 2. The van der Waals surface area contributed by atoms with E-state index in [1.54, 1.807) is 13.0 Å². The van der Waals surface area contributed by atoms with Gasteiger partial charge in [-0.25, -0.2) is 0 Å². The van der Waals surface area contributed by atoms with Crippen LogP contribution in [-0.2, 0) is 14.3 Å². The number of allylic oxidation sites excluding steroid dienone is 1. The summed E-state index contributed by atoms with van der Waals surface area (Å²) in [6.45, 7) is 7.73. The van der Waals surface area contributed by atoms with E-state index in [1.807, 2.05) is 20.8 Å². The lowest BCUT2D eigenvalue weighted by Gasteiger charge is -2.43. The van der Waals surface area contributed by atoms with E-state index >= 15 is 0 Å². The Balaban J connectivity index is 1.88. The van der Waals surface area contributed by atoms with Gasteiger partial charge in [0, 0.05) is 30.6 Å². The maximum atomic E-state index is 12.8. The van der Waals surface area contributed by atoms with Crippen LogP contribution in [0.25, 0.3) is 0 Å². The summed E-state index contributed by atoms with van der Waals surface area (Å²) < 4.78 is 12.6. The SMILES string of the molecule is CC1=CC(=O)[C@@H]2[C@@H]3[C@H]1[C@@H]1C[C@@](C)(O)[C@H](O)C[C@@H](O)[C@](C)(OC[C@H]2C)[C@H]3O1. The molecule has 0 amide bonds. The molecule has 0 saturated carbocycles. The van der Waals surface area contributed by atoms with E-state index in [1.165, 1.54) is 0 Å². The number of ketones is 1. The van der Waals surface area contributed by atoms with Crippen LogP contribution in [0.2, 0.25) is 0 Å². The third-order valence-corrected chi connectivity index (χ3v) is 7.40. The minimum Gasteiger partial charge on any atom is -0.390 e. The molecular weight excluding hydrogens is 336 g/mol. The van der Waals surface area contributed by atoms with Crippen molar-refractivity contribution in [1.82, 2.24) is 0 Å². The third-order valence-electron chi connectivity index (χ3n) is 7.40. The molecule has 0 radical (unpaired) electrons. The maximum absolute atomic E-state index is 12.8. The lowest BCUT2D eigenvalue weighted by atomic mass is 9.62. The maximum Gasteiger partial charge on any atom is 0.159 e. The van der Waals surface area contributed by atoms with Crippen LogP contribution in [-0.4, -0.2) is 63.3 Å². The van der Waals surface area contributed by atoms with E-state index < -0.39 is 29.5 Å². The predicted molar refractivity (Wildman–Crippen MR) is 93.3 cm³/mol. The largest absolute Gasteiger partial charge is 0.390 e. The lowest BCUT2D eigenvalue weighted by Crippen LogP contribution is -2.56. The Morgan fingerprint density at radius 2 is 1.88 bits per heavy atom. The molecular formula is C20H30O6. The second-order valence-electron chi connectivity index (χ2n) is 9.32. The number of hydrogen-bond donors (Lipinski definition) is 3. The summed E-state index contributed by atoms with van der Waals surface area (Å²) >= 11 is 0. The van der Waals surface area contributed by atoms with Gasteiger partial charge in [0.15, 0.2) is 5.78 Å². The van der Waals surface area contributed by atoms with Crippen molar-refractivity contribution in [1.29, 1.82) is 0 Å². The van der Waals surface area contributed by atoms with Crippen molar-refractivity contribution < 1.29 is 29.6 Å². The number of fused-ring (bicyclic) bond motifs is 2. The molecule has 1 aliphatic carbocycles. The molecule has 0 unspecified atom stereocenters. The second kappa shape index (κ2) is 5.85. The lowest BCUT2D eigenvalue weighted by molar-refractivity contribution is -0.187. The molecule has 4 aliphatic rings. The first kappa shape index (κ1) is 18.6. The first-order valence-corrected chi connectivity index (χ1v) is 9.66. The molecule has 3 fully saturated rings. The molecule has 10 atom stereocenters. The highest BCUT2D eigenvalue weighted by Crippen LogP contribution is 2.55. The van der Waals surface area contributed by atoms with Gasteiger partial charge in [-0.3, -0.25) is 4.79 Å². The van der Waals surface area contributed by atoms with Crippen LogP contribution >= 0.6 is 0 Å². The molecule has 0 aromatic rings. The van der Waals surface area contributed by atoms with E-state index in [-0.39, 0.29) is 48.4 Å². The van der Waals surface area contributed by atoms with Crippen LogP contribution in [0.15, 0.2) is 11.6 Å². The number of rotatable bonds is 0. The van der Waals surface area contributed by atoms with E-state index in [0.717, 1.165) is 5.57 Å². The standard InChI is InChI=1S/C20H30O6/c1-9-5-11(21)15-10(2)8-25-20(4)14(23)6-13(22)19(3,24)7-12-16(9)17(15)18(20)26-12/h5,10,12-18,22-24H,6-8H2,1-4H3/t10-,12+,13-,14-,15-,16-,17-,18+,19-,20+/m1/s1. The molecule has 6 nitrogen and oxygen atoms in total. The van der Waals surface area contributed by atoms with Crippen molar-refractivity contribution in [3.8, 4) is 0 Å². The molecule has 3 N–H and O–H groups in total. The molecule has 2 bridgehead atoms. The van der Waals surface area contributed by atoms with E-state index in [4.69, 9.17) is 9.47 Å². The fraction of sp³-hybridized carbons (Fsp3) is 0.850. The van der Waals surface area contributed by atoms with Crippen LogP contribution < -0.4 is 0 Å². The Labute approximate surface area is 154 Å². The van der Waals surface area contributed by atoms with Gasteiger partial charge in [0.2, 0.25) is 0 Å². The van der Waals surface area contributed by atoms with Crippen molar-refractivity contribution in [3.63, 3.8) is 0 Å². The molecule has 0 aromatic heterocycles. The van der Waals surface area contributed by atoms with Crippen LogP contribution in [0.1, 0.15) is 40.5 Å². The van der Waals surface area contributed by atoms with Crippen LogP contribution in [0.5, 0.6) is 0 Å². The number of aliphatic hydroxyl groups is 3. The molecule has 4 rings (SSSR count). The predicted octanol–water partition coefficient (Wildman–Crippen LogP) is 0.823. The summed E-state index contributed by atoms with van der Waals surface area (Å²) in [6, 6.07) is 0. The summed E-state index contributed by atoms with van der Waals surface area (Å²) in [6.07, 6.45) is -0.859. The van der Waals surface area contributed by atoms with Gasteiger partial charge in [0.25, 0.3) is 0 Å². The molecule has 6 heteroatoms. The van der Waals surface area contributed by atoms with Crippen molar-refractivity contribution in [3.05, 3.63) is 11.6 Å². The molecule has 3 heterocycles. The quantitative estimate of drug-likeness (QED) is 0.588. The average Bonchev–Trinajstić information content (AvgIpc) is 2.86. The fourth-order valence-electron chi connectivity index (χ4n) is 5.79. The van der Waals surface area contributed by atoms with Crippen molar-refractivity contribution in [2.24, 2.45) is 23.7 Å². The van der Waals surface area contributed by atoms with Gasteiger partial charge < -0.3 is 24.8 Å². The van der Waals surface area contributed by atoms with Crippen LogP contribution in [0.4, 0.5) is 0 Å². The second-order valence-corrected chi connectivity index (χ2v) is 9.32. The van der Waals surface area contributed by atoms with Gasteiger partial charge in [0.1, 0.15) is 5.60 Å². The minimum absolute atomic E-state index is 0.00921. The minimum atomic E-state index is -1.38. The summed E-state index contributed by atoms with van der Waals surface area (Å²) in [4.78, 5) is 12.8. The zero-order chi connectivity index (χ0) is 19.0. The number of carbonyl (C=O) groups excluding carboxylic acids is 1. The Kier molecular flexibility index (Phi) is 4.18. The number of hydrogen-bond acceptors (Lipinski definition) is 6. The van der Waals surface area contributed by atoms with Gasteiger partial charge in [-0.15, -0.1) is 0 Å². The molecule has 0 aromatic carbocycles. The van der Waals surface area contributed by atoms with E-state index in [2.05, 4.69) is 0 Å². The monoisotopic (exact) mass is 366 g/mol. The van der Waals surface area contributed by atoms with Gasteiger partial charge in [-0.05, 0) is 32.8 Å². The van der Waals surface area contributed by atoms with Gasteiger partial charge in [-0.2, -0.15) is 0 Å². The molecule has 3 saturated heterocycles. The number of ether oxygens (including phenoxy) is 2. The van der Waals surface area contributed by atoms with Crippen molar-refractivity contribution in [2.75, 3.05) is 6.61 Å². The topological polar surface area (TPSA) is 96.2 Å². The Morgan fingerprint density at radius 3 is 2.58 bits per heavy atom. The smallest absolute Gasteiger partial charge is 0.159 e. The number of carbonyl (C=O) groups is 1. The van der Waals surface area contributed by atoms with Gasteiger partial charge in [0.05, 0.1) is 36.6 Å². The summed E-state index contributed by atoms with van der Waals surface area (Å²) in [5, 5.41) is 32.4. The van der Waals surface area contributed by atoms with E-state index in [0.29, 0.717) is 6.61 Å². The highest BCUT2D eigenvalue weighted by molar-refractivity contribution is 5.94. The van der Waals surface area contributed by atoms with Crippen molar-refractivity contribution in [2.45, 2.75) is 76.2 Å². The fourth-order valence-corrected chi connectivity index (χ4v) is 5.79. The Bertz CT molecular complexity index is 642. The molecule has 146 valence electrons. The first-order chi connectivity index (χ1) is 12.1. The summed E-state index contributed by atoms with van der Waals surface area (Å²) in [5.41, 5.74) is -1.45. The van der Waals surface area contributed by atoms with Gasteiger partial charge >= 0.3 is 0 Å². The third kappa shape index (κ3) is 2.46. The van der Waals surface area contributed by atoms with Crippen LogP contribution in [0, 0.1) is 23.7 Å². The zero-order valence-electron chi connectivity index (χ0n) is 15.9.